The smallest absolute Gasteiger partial charge is 0.248 e. The molecule has 2 heteroatoms. The van der Waals surface area contributed by atoms with Crippen molar-refractivity contribution in [3.05, 3.63) is 42.5 Å². The number of nitrogens with one attached hydrogen (secondary N) is 1. The number of allylic oxidation sites excluding steroid dienone is 1. The van der Waals surface area contributed by atoms with Crippen LogP contribution in [0.25, 0.3) is 0 Å². The summed E-state index contributed by atoms with van der Waals surface area (Å²) in [6.45, 7) is 2.29. The van der Waals surface area contributed by atoms with E-state index in [1.165, 1.54) is 128 Å². The maximum absolute atomic E-state index is 11.8. The number of amides is 1. The normalized spacial score (nSPS) is 11.3. The zero-order valence-electron chi connectivity index (χ0n) is 21.8. The van der Waals surface area contributed by atoms with Crippen LogP contribution in [0.2, 0.25) is 0 Å². The zero-order valence-corrected chi connectivity index (χ0v) is 21.8. The number of anilines is 1. The van der Waals surface area contributed by atoms with Crippen LogP contribution in [0.15, 0.2) is 42.5 Å². The minimum absolute atomic E-state index is 0.0330. The third-order valence-electron chi connectivity index (χ3n) is 6.53. The first-order chi connectivity index (χ1) is 16.3. The zero-order chi connectivity index (χ0) is 23.7. The molecule has 0 aromatic heterocycles. The Hall–Kier alpha value is -1.57. The van der Waals surface area contributed by atoms with Crippen LogP contribution >= 0.6 is 0 Å². The lowest BCUT2D eigenvalue weighted by atomic mass is 10.0. The molecule has 0 radical (unpaired) electrons. The van der Waals surface area contributed by atoms with E-state index < -0.39 is 0 Å². The first-order valence-electron chi connectivity index (χ1n) is 14.4. The Balaban J connectivity index is 1.73. The van der Waals surface area contributed by atoms with Crippen LogP contribution in [0.3, 0.4) is 0 Å². The summed E-state index contributed by atoms with van der Waals surface area (Å²) >= 11 is 0. The van der Waals surface area contributed by atoms with Gasteiger partial charge >= 0.3 is 0 Å². The topological polar surface area (TPSA) is 29.1 Å². The number of carbonyl (C=O) groups excluding carboxylic acids is 1. The van der Waals surface area contributed by atoms with Gasteiger partial charge in [-0.3, -0.25) is 4.79 Å². The molecule has 0 aliphatic rings. The minimum atomic E-state index is -0.0330. The van der Waals surface area contributed by atoms with Crippen molar-refractivity contribution < 1.29 is 4.79 Å². The molecule has 0 fully saturated rings. The number of carbonyl (C=O) groups is 1. The van der Waals surface area contributed by atoms with E-state index in [0.29, 0.717) is 0 Å². The summed E-state index contributed by atoms with van der Waals surface area (Å²) < 4.78 is 0. The Morgan fingerprint density at radius 2 is 1.00 bits per heavy atom. The van der Waals surface area contributed by atoms with Crippen molar-refractivity contribution >= 4 is 11.6 Å². The van der Waals surface area contributed by atoms with Crippen LogP contribution in [-0.4, -0.2) is 5.91 Å². The molecule has 0 bridgehead atoms. The van der Waals surface area contributed by atoms with Gasteiger partial charge in [0.05, 0.1) is 0 Å². The molecule has 0 saturated carbocycles. The molecule has 2 nitrogen and oxygen atoms in total. The van der Waals surface area contributed by atoms with Gasteiger partial charge in [0.1, 0.15) is 0 Å². The molecule has 1 aromatic carbocycles. The molecule has 0 saturated heterocycles. The van der Waals surface area contributed by atoms with E-state index in [4.69, 9.17) is 0 Å². The van der Waals surface area contributed by atoms with Gasteiger partial charge in [-0.05, 0) is 31.1 Å². The first kappa shape index (κ1) is 29.5. The summed E-state index contributed by atoms with van der Waals surface area (Å²) in [6, 6.07) is 9.62. The third-order valence-corrected chi connectivity index (χ3v) is 6.53. The summed E-state index contributed by atoms with van der Waals surface area (Å²) in [5, 5.41) is 2.88. The molecule has 33 heavy (non-hydrogen) atoms. The molecule has 1 aromatic rings. The molecule has 0 aliphatic heterocycles. The van der Waals surface area contributed by atoms with Crippen molar-refractivity contribution in [2.24, 2.45) is 0 Å². The summed E-state index contributed by atoms with van der Waals surface area (Å²) in [4.78, 5) is 11.8. The van der Waals surface area contributed by atoms with Gasteiger partial charge in [-0.15, -0.1) is 0 Å². The first-order valence-corrected chi connectivity index (χ1v) is 14.4. The number of hydrogen-bond donors (Lipinski definition) is 1. The van der Waals surface area contributed by atoms with E-state index in [-0.39, 0.29) is 5.91 Å². The van der Waals surface area contributed by atoms with Gasteiger partial charge in [-0.2, -0.15) is 0 Å². The molecule has 1 N–H and O–H groups in total. The second kappa shape index (κ2) is 23.6. The summed E-state index contributed by atoms with van der Waals surface area (Å²) in [7, 11) is 0. The number of unbranched alkanes of at least 4 members (excludes halogenated alkanes) is 20. The Bertz CT molecular complexity index is 566. The quantitative estimate of drug-likeness (QED) is 0.129. The second-order valence-electron chi connectivity index (χ2n) is 9.76. The Labute approximate surface area is 206 Å². The Morgan fingerprint density at radius 3 is 1.42 bits per heavy atom. The molecular weight excluding hydrogens is 402 g/mol. The van der Waals surface area contributed by atoms with Gasteiger partial charge in [-0.1, -0.05) is 153 Å². The van der Waals surface area contributed by atoms with E-state index >= 15 is 0 Å². The minimum Gasteiger partial charge on any atom is -0.323 e. The van der Waals surface area contributed by atoms with E-state index in [0.717, 1.165) is 12.1 Å². The summed E-state index contributed by atoms with van der Waals surface area (Å²) in [6.07, 6.45) is 32.9. The molecule has 0 spiro atoms. The predicted octanol–water partition coefficient (Wildman–Crippen LogP) is 10.4. The lowest BCUT2D eigenvalue weighted by Crippen LogP contribution is -2.07. The largest absolute Gasteiger partial charge is 0.323 e. The van der Waals surface area contributed by atoms with E-state index in [9.17, 15) is 4.79 Å². The Kier molecular flexibility index (Phi) is 21.1. The predicted molar refractivity (Wildman–Crippen MR) is 147 cm³/mol. The van der Waals surface area contributed by atoms with E-state index in [1.807, 2.05) is 36.4 Å². The van der Waals surface area contributed by atoms with Crippen molar-refractivity contribution in [2.75, 3.05) is 5.32 Å². The molecule has 188 valence electrons. The molecular formula is C31H53NO. The fourth-order valence-electron chi connectivity index (χ4n) is 4.41. The van der Waals surface area contributed by atoms with Gasteiger partial charge in [0, 0.05) is 5.69 Å². The number of benzene rings is 1. The lowest BCUT2D eigenvalue weighted by molar-refractivity contribution is -0.111. The van der Waals surface area contributed by atoms with Gasteiger partial charge in [0.15, 0.2) is 0 Å². The number of para-hydroxylation sites is 1. The van der Waals surface area contributed by atoms with Crippen LogP contribution in [0.4, 0.5) is 5.69 Å². The average molecular weight is 456 g/mol. The molecule has 1 amide bonds. The second-order valence-corrected chi connectivity index (χ2v) is 9.76. The highest BCUT2D eigenvalue weighted by Crippen LogP contribution is 2.15. The van der Waals surface area contributed by atoms with E-state index in [2.05, 4.69) is 12.2 Å². The van der Waals surface area contributed by atoms with Crippen LogP contribution in [-0.2, 0) is 4.79 Å². The maximum atomic E-state index is 11.8. The third kappa shape index (κ3) is 20.7. The number of rotatable bonds is 23. The van der Waals surface area contributed by atoms with Gasteiger partial charge < -0.3 is 5.32 Å². The highest BCUT2D eigenvalue weighted by molar-refractivity contribution is 5.99. The van der Waals surface area contributed by atoms with Crippen LogP contribution in [0.5, 0.6) is 0 Å². The van der Waals surface area contributed by atoms with Gasteiger partial charge in [0.2, 0.25) is 5.91 Å². The number of hydrogen-bond acceptors (Lipinski definition) is 1. The highest BCUT2D eigenvalue weighted by atomic mass is 16.1. The fourth-order valence-corrected chi connectivity index (χ4v) is 4.41. The van der Waals surface area contributed by atoms with Gasteiger partial charge in [0.25, 0.3) is 0 Å². The summed E-state index contributed by atoms with van der Waals surface area (Å²) in [5.41, 5.74) is 0.853. The Morgan fingerprint density at radius 1 is 0.606 bits per heavy atom. The van der Waals surface area contributed by atoms with Crippen molar-refractivity contribution in [1.82, 2.24) is 0 Å². The lowest BCUT2D eigenvalue weighted by Gasteiger charge is -2.04. The fraction of sp³-hybridized carbons (Fsp3) is 0.710. The van der Waals surface area contributed by atoms with Crippen LogP contribution in [0.1, 0.15) is 142 Å². The molecule has 1 rings (SSSR count). The van der Waals surface area contributed by atoms with Crippen molar-refractivity contribution in [3.63, 3.8) is 0 Å². The van der Waals surface area contributed by atoms with Crippen molar-refractivity contribution in [3.8, 4) is 0 Å². The summed E-state index contributed by atoms with van der Waals surface area (Å²) in [5.74, 6) is -0.0330. The van der Waals surface area contributed by atoms with Crippen LogP contribution < -0.4 is 5.32 Å². The van der Waals surface area contributed by atoms with Gasteiger partial charge in [-0.25, -0.2) is 0 Å². The van der Waals surface area contributed by atoms with E-state index in [1.54, 1.807) is 6.08 Å². The van der Waals surface area contributed by atoms with Crippen molar-refractivity contribution in [1.29, 1.82) is 0 Å². The molecule has 0 atom stereocenters. The molecule has 0 aliphatic carbocycles. The SMILES string of the molecule is CCCCCCCCCCCCCCCCCCCCCCC=CC(=O)Nc1ccccc1. The standard InChI is InChI=1S/C31H53NO/c1-2-3-4-5-6-7-8-9-10-11-12-13-14-15-16-17-18-19-20-21-22-26-29-31(33)32-30-27-24-23-25-28-30/h23-29H,2-22H2,1H3,(H,32,33). The van der Waals surface area contributed by atoms with Crippen LogP contribution in [0, 0.1) is 0 Å². The monoisotopic (exact) mass is 455 g/mol. The molecule has 0 heterocycles. The highest BCUT2D eigenvalue weighted by Gasteiger charge is 1.97. The maximum Gasteiger partial charge on any atom is 0.248 e. The average Bonchev–Trinajstić information content (AvgIpc) is 2.83. The molecule has 0 unspecified atom stereocenters. The van der Waals surface area contributed by atoms with Crippen molar-refractivity contribution in [2.45, 2.75) is 142 Å².